The van der Waals surface area contributed by atoms with E-state index < -0.39 is 6.04 Å². The number of methoxy groups -OCH3 is 1. The van der Waals surface area contributed by atoms with Crippen molar-refractivity contribution in [1.29, 1.82) is 0 Å². The number of pyridine rings is 1. The Morgan fingerprint density at radius 1 is 1.11 bits per heavy atom. The number of hydrogen-bond donors (Lipinski definition) is 2. The molecular formula is C28H35N5O4. The van der Waals surface area contributed by atoms with Crippen molar-refractivity contribution in [2.45, 2.75) is 45.3 Å². The van der Waals surface area contributed by atoms with Gasteiger partial charge in [0.2, 0.25) is 5.91 Å². The van der Waals surface area contributed by atoms with Crippen molar-refractivity contribution in [2.75, 3.05) is 26.7 Å². The standard InChI is InChI=1S/C28H35N5O4/c1-18(2)26(27(35)29-10-12-31-11-9-20-14-22(37-3)7-8-23(20)31)30-28(36)32-15-19-13-21(17-32)24-5-4-6-25(34)33(24)16-19/h4-9,11,14,18-19,21,26H,10,12-13,15-17H2,1-3H3,(H,29,35)(H,30,36)/t19-,21+,26+/m0/s1. The first kappa shape index (κ1) is 24.9. The minimum absolute atomic E-state index is 0.0225. The molecule has 1 fully saturated rings. The van der Waals surface area contributed by atoms with Crippen LogP contribution in [-0.2, 0) is 17.9 Å². The average molecular weight is 506 g/mol. The van der Waals surface area contributed by atoms with Gasteiger partial charge in [0.15, 0.2) is 0 Å². The fourth-order valence-corrected chi connectivity index (χ4v) is 5.73. The van der Waals surface area contributed by atoms with Gasteiger partial charge in [0.1, 0.15) is 11.8 Å². The van der Waals surface area contributed by atoms with Crippen LogP contribution in [0.3, 0.4) is 0 Å². The third-order valence-corrected chi connectivity index (χ3v) is 7.63. The minimum atomic E-state index is -0.630. The van der Waals surface area contributed by atoms with Crippen LogP contribution in [0.5, 0.6) is 5.75 Å². The number of likely N-dealkylation sites (tertiary alicyclic amines) is 1. The Morgan fingerprint density at radius 3 is 2.73 bits per heavy atom. The van der Waals surface area contributed by atoms with Crippen LogP contribution in [0, 0.1) is 11.8 Å². The molecule has 1 saturated heterocycles. The largest absolute Gasteiger partial charge is 0.497 e. The molecule has 2 aliphatic rings. The second-order valence-corrected chi connectivity index (χ2v) is 10.5. The van der Waals surface area contributed by atoms with Crippen LogP contribution in [-0.4, -0.2) is 58.8 Å². The quantitative estimate of drug-likeness (QED) is 0.516. The lowest BCUT2D eigenvalue weighted by molar-refractivity contribution is -0.124. The van der Waals surface area contributed by atoms with Crippen molar-refractivity contribution in [1.82, 2.24) is 24.7 Å². The fourth-order valence-electron chi connectivity index (χ4n) is 5.73. The summed E-state index contributed by atoms with van der Waals surface area (Å²) in [4.78, 5) is 40.4. The van der Waals surface area contributed by atoms with E-state index in [1.807, 2.05) is 59.8 Å². The number of carbonyl (C=O) groups excluding carboxylic acids is 2. The summed E-state index contributed by atoms with van der Waals surface area (Å²) in [6.45, 7) is 6.70. The maximum Gasteiger partial charge on any atom is 0.318 e. The van der Waals surface area contributed by atoms with Gasteiger partial charge in [-0.05, 0) is 48.6 Å². The second kappa shape index (κ2) is 10.3. The summed E-state index contributed by atoms with van der Waals surface area (Å²) in [6, 6.07) is 12.5. The Hall–Kier alpha value is -3.75. The first-order valence-electron chi connectivity index (χ1n) is 13.0. The number of carbonyl (C=O) groups is 2. The lowest BCUT2D eigenvalue weighted by Crippen LogP contribution is -2.57. The first-order chi connectivity index (χ1) is 17.8. The van der Waals surface area contributed by atoms with Gasteiger partial charge in [-0.25, -0.2) is 4.79 Å². The summed E-state index contributed by atoms with van der Waals surface area (Å²) < 4.78 is 9.23. The smallest absolute Gasteiger partial charge is 0.318 e. The van der Waals surface area contributed by atoms with Crippen molar-refractivity contribution in [3.8, 4) is 5.75 Å². The van der Waals surface area contributed by atoms with Gasteiger partial charge < -0.3 is 29.4 Å². The van der Waals surface area contributed by atoms with Crippen LogP contribution in [0.4, 0.5) is 4.79 Å². The molecule has 0 saturated carbocycles. The fraction of sp³-hybridized carbons (Fsp3) is 0.464. The zero-order chi connectivity index (χ0) is 26.1. The van der Waals surface area contributed by atoms with Gasteiger partial charge in [0, 0.05) is 67.5 Å². The molecular weight excluding hydrogens is 470 g/mol. The van der Waals surface area contributed by atoms with Gasteiger partial charge in [0.25, 0.3) is 5.56 Å². The Bertz CT molecular complexity index is 1360. The van der Waals surface area contributed by atoms with E-state index in [-0.39, 0.29) is 35.3 Å². The summed E-state index contributed by atoms with van der Waals surface area (Å²) in [5.74, 6) is 0.933. The van der Waals surface area contributed by atoms with Crippen LogP contribution in [0.2, 0.25) is 0 Å². The van der Waals surface area contributed by atoms with E-state index in [0.717, 1.165) is 28.8 Å². The highest BCUT2D eigenvalue weighted by Gasteiger charge is 2.37. The van der Waals surface area contributed by atoms with Gasteiger partial charge in [-0.2, -0.15) is 0 Å². The second-order valence-electron chi connectivity index (χ2n) is 10.5. The van der Waals surface area contributed by atoms with E-state index in [1.54, 1.807) is 19.2 Å². The van der Waals surface area contributed by atoms with Gasteiger partial charge >= 0.3 is 6.03 Å². The molecule has 3 aromatic rings. The summed E-state index contributed by atoms with van der Waals surface area (Å²) in [7, 11) is 1.65. The van der Waals surface area contributed by atoms with E-state index >= 15 is 0 Å². The summed E-state index contributed by atoms with van der Waals surface area (Å²) in [5, 5.41) is 7.06. The van der Waals surface area contributed by atoms with Crippen molar-refractivity contribution in [2.24, 2.45) is 11.8 Å². The molecule has 0 unspecified atom stereocenters. The predicted octanol–water partition coefficient (Wildman–Crippen LogP) is 2.78. The molecule has 0 aliphatic carbocycles. The van der Waals surface area contributed by atoms with Crippen molar-refractivity contribution >= 4 is 22.8 Å². The number of rotatable bonds is 7. The highest BCUT2D eigenvalue weighted by Crippen LogP contribution is 2.35. The number of fused-ring (bicyclic) bond motifs is 5. The molecule has 37 heavy (non-hydrogen) atoms. The monoisotopic (exact) mass is 505 g/mol. The summed E-state index contributed by atoms with van der Waals surface area (Å²) in [5.41, 5.74) is 2.09. The number of urea groups is 1. The highest BCUT2D eigenvalue weighted by atomic mass is 16.5. The van der Waals surface area contributed by atoms with Gasteiger partial charge in [-0.15, -0.1) is 0 Å². The van der Waals surface area contributed by atoms with Crippen LogP contribution < -0.4 is 20.9 Å². The number of aromatic nitrogens is 2. The molecule has 9 heteroatoms. The number of amides is 3. The molecule has 196 valence electrons. The lowest BCUT2D eigenvalue weighted by Gasteiger charge is -2.43. The Morgan fingerprint density at radius 2 is 1.95 bits per heavy atom. The maximum absolute atomic E-state index is 13.2. The number of hydrogen-bond acceptors (Lipinski definition) is 4. The van der Waals surface area contributed by atoms with Crippen LogP contribution >= 0.6 is 0 Å². The molecule has 0 radical (unpaired) electrons. The summed E-state index contributed by atoms with van der Waals surface area (Å²) >= 11 is 0. The number of nitrogens with zero attached hydrogens (tertiary/aromatic N) is 3. The van der Waals surface area contributed by atoms with E-state index in [0.29, 0.717) is 32.7 Å². The number of piperidine rings is 1. The number of benzene rings is 1. The molecule has 9 nitrogen and oxygen atoms in total. The molecule has 2 N–H and O–H groups in total. The van der Waals surface area contributed by atoms with Crippen molar-refractivity contribution in [3.63, 3.8) is 0 Å². The topological polar surface area (TPSA) is 97.6 Å². The Labute approximate surface area is 216 Å². The highest BCUT2D eigenvalue weighted by molar-refractivity contribution is 5.87. The normalized spacial score (nSPS) is 19.4. The molecule has 2 aliphatic heterocycles. The third kappa shape index (κ3) is 5.08. The van der Waals surface area contributed by atoms with Crippen LogP contribution in [0.1, 0.15) is 31.9 Å². The third-order valence-electron chi connectivity index (χ3n) is 7.63. The van der Waals surface area contributed by atoms with Crippen LogP contribution in [0.25, 0.3) is 10.9 Å². The van der Waals surface area contributed by atoms with Gasteiger partial charge in [-0.1, -0.05) is 19.9 Å². The molecule has 2 bridgehead atoms. The maximum atomic E-state index is 13.2. The zero-order valence-corrected chi connectivity index (χ0v) is 21.6. The predicted molar refractivity (Wildman–Crippen MR) is 142 cm³/mol. The molecule has 4 heterocycles. The van der Waals surface area contributed by atoms with Crippen LogP contribution in [0.15, 0.2) is 53.5 Å². The molecule has 0 spiro atoms. The molecule has 2 aromatic heterocycles. The zero-order valence-electron chi connectivity index (χ0n) is 21.6. The SMILES string of the molecule is COc1ccc2c(ccn2CCNC(=O)[C@H](NC(=O)N2C[C@@H]3C[C@H](C2)c2cccc(=O)n2C3)C(C)C)c1. The van der Waals surface area contributed by atoms with E-state index in [4.69, 9.17) is 4.74 Å². The number of nitrogens with one attached hydrogen (secondary N) is 2. The average Bonchev–Trinajstić information content (AvgIpc) is 3.29. The van der Waals surface area contributed by atoms with Gasteiger partial charge in [0.05, 0.1) is 7.11 Å². The van der Waals surface area contributed by atoms with Crippen molar-refractivity contribution in [3.05, 3.63) is 64.7 Å². The molecule has 3 atom stereocenters. The van der Waals surface area contributed by atoms with E-state index in [9.17, 15) is 14.4 Å². The molecule has 3 amide bonds. The minimum Gasteiger partial charge on any atom is -0.497 e. The molecule has 1 aromatic carbocycles. The van der Waals surface area contributed by atoms with Gasteiger partial charge in [-0.3, -0.25) is 9.59 Å². The summed E-state index contributed by atoms with van der Waals surface area (Å²) in [6.07, 6.45) is 2.97. The number of ether oxygens (including phenoxy) is 1. The van der Waals surface area contributed by atoms with E-state index in [1.165, 1.54) is 0 Å². The first-order valence-corrected chi connectivity index (χ1v) is 13.0. The Balaban J connectivity index is 1.18. The Kier molecular flexibility index (Phi) is 6.95. The molecule has 5 rings (SSSR count). The lowest BCUT2D eigenvalue weighted by atomic mass is 9.83. The van der Waals surface area contributed by atoms with E-state index in [2.05, 4.69) is 15.2 Å². The van der Waals surface area contributed by atoms with Crippen molar-refractivity contribution < 1.29 is 14.3 Å².